The van der Waals surface area contributed by atoms with Crippen LogP contribution in [0.15, 0.2) is 18.2 Å². The second-order valence-electron chi connectivity index (χ2n) is 4.86. The van der Waals surface area contributed by atoms with Gasteiger partial charge in [-0.2, -0.15) is 0 Å². The van der Waals surface area contributed by atoms with E-state index in [0.717, 1.165) is 5.56 Å². The van der Waals surface area contributed by atoms with Gasteiger partial charge in [-0.05, 0) is 51.0 Å². The van der Waals surface area contributed by atoms with Crippen LogP contribution >= 0.6 is 11.6 Å². The molecule has 0 radical (unpaired) electrons. The van der Waals surface area contributed by atoms with Gasteiger partial charge in [-0.3, -0.25) is 14.4 Å². The van der Waals surface area contributed by atoms with Crippen molar-refractivity contribution in [3.63, 3.8) is 0 Å². The van der Waals surface area contributed by atoms with Crippen molar-refractivity contribution in [3.05, 3.63) is 34.3 Å². The van der Waals surface area contributed by atoms with Crippen molar-refractivity contribution in [3.8, 4) is 0 Å². The van der Waals surface area contributed by atoms with Crippen molar-refractivity contribution >= 4 is 29.0 Å². The van der Waals surface area contributed by atoms with Crippen molar-refractivity contribution in [2.75, 3.05) is 0 Å². The van der Waals surface area contributed by atoms with Crippen molar-refractivity contribution in [1.82, 2.24) is 0 Å². The molecule has 0 amide bonds. The lowest BCUT2D eigenvalue weighted by Crippen LogP contribution is -2.43. The van der Waals surface area contributed by atoms with E-state index < -0.39 is 5.41 Å². The second-order valence-corrected chi connectivity index (χ2v) is 5.29. The lowest BCUT2D eigenvalue weighted by atomic mass is 9.69. The number of carbonyl (C=O) groups excluding carboxylic acids is 3. The highest BCUT2D eigenvalue weighted by atomic mass is 35.5. The van der Waals surface area contributed by atoms with E-state index >= 15 is 0 Å². The Morgan fingerprint density at radius 2 is 1.63 bits per heavy atom. The Morgan fingerprint density at radius 1 is 1.11 bits per heavy atom. The number of rotatable bonds is 5. The third-order valence-electron chi connectivity index (χ3n) is 3.38. The molecule has 0 fully saturated rings. The van der Waals surface area contributed by atoms with Crippen LogP contribution in [-0.2, 0) is 19.8 Å². The number of hydrogen-bond acceptors (Lipinski definition) is 3. The Morgan fingerprint density at radius 3 is 2.05 bits per heavy atom. The molecule has 0 aliphatic rings. The Labute approximate surface area is 118 Å². The number of Topliss-reactive ketones (excluding diaryl/α,β-unsaturated/α-hetero) is 3. The molecule has 1 rings (SSSR count). The van der Waals surface area contributed by atoms with Gasteiger partial charge in [-0.1, -0.05) is 17.7 Å². The van der Waals surface area contributed by atoms with Gasteiger partial charge in [0.05, 0.1) is 0 Å². The maximum atomic E-state index is 12.1. The molecule has 0 saturated heterocycles. The monoisotopic (exact) mass is 280 g/mol. The predicted molar refractivity (Wildman–Crippen MR) is 74.5 cm³/mol. The summed E-state index contributed by atoms with van der Waals surface area (Å²) in [6, 6.07) is 5.04. The maximum absolute atomic E-state index is 12.1. The molecule has 19 heavy (non-hydrogen) atoms. The van der Waals surface area contributed by atoms with Crippen LogP contribution in [0.2, 0.25) is 5.02 Å². The van der Waals surface area contributed by atoms with Crippen LogP contribution in [0.4, 0.5) is 0 Å². The maximum Gasteiger partial charge on any atom is 0.148 e. The Balaban J connectivity index is 3.62. The third-order valence-corrected chi connectivity index (χ3v) is 3.61. The second kappa shape index (κ2) is 5.66. The van der Waals surface area contributed by atoms with Gasteiger partial charge in [0.25, 0.3) is 0 Å². The van der Waals surface area contributed by atoms with Gasteiger partial charge in [0.1, 0.15) is 22.8 Å². The van der Waals surface area contributed by atoms with Crippen LogP contribution in [0, 0.1) is 6.92 Å². The minimum atomic E-state index is -1.42. The largest absolute Gasteiger partial charge is 0.300 e. The van der Waals surface area contributed by atoms with Gasteiger partial charge >= 0.3 is 0 Å². The molecular formula is C15H17ClO3. The highest BCUT2D eigenvalue weighted by Crippen LogP contribution is 2.34. The summed E-state index contributed by atoms with van der Waals surface area (Å²) < 4.78 is 0. The van der Waals surface area contributed by atoms with Gasteiger partial charge in [0, 0.05) is 11.4 Å². The zero-order chi connectivity index (χ0) is 14.8. The summed E-state index contributed by atoms with van der Waals surface area (Å²) in [6.45, 7) is 5.85. The van der Waals surface area contributed by atoms with Gasteiger partial charge in [0.2, 0.25) is 0 Å². The summed E-state index contributed by atoms with van der Waals surface area (Å²) in [5.41, 5.74) is -0.118. The highest BCUT2D eigenvalue weighted by Gasteiger charge is 2.44. The van der Waals surface area contributed by atoms with Crippen LogP contribution in [0.25, 0.3) is 0 Å². The molecule has 0 aliphatic carbocycles. The number of aryl methyl sites for hydroxylation is 1. The molecule has 0 N–H and O–H groups in total. The van der Waals surface area contributed by atoms with Crippen molar-refractivity contribution < 1.29 is 14.4 Å². The van der Waals surface area contributed by atoms with E-state index in [2.05, 4.69) is 0 Å². The molecule has 0 spiro atoms. The third kappa shape index (κ3) is 2.92. The number of benzene rings is 1. The molecule has 0 heterocycles. The summed E-state index contributed by atoms with van der Waals surface area (Å²) >= 11 is 5.96. The SMILES string of the molecule is CC(=O)CC(C(C)=O)(C(C)=O)c1cc(Cl)ccc1C. The minimum absolute atomic E-state index is 0.126. The Kier molecular flexibility index (Phi) is 4.64. The predicted octanol–water partition coefficient (Wildman–Crippen LogP) is 3.04. The molecule has 0 atom stereocenters. The summed E-state index contributed by atoms with van der Waals surface area (Å²) in [7, 11) is 0. The van der Waals surface area contributed by atoms with Crippen molar-refractivity contribution in [1.29, 1.82) is 0 Å². The molecule has 0 unspecified atom stereocenters. The number of carbonyl (C=O) groups is 3. The first-order valence-corrected chi connectivity index (χ1v) is 6.37. The molecule has 0 aromatic heterocycles. The minimum Gasteiger partial charge on any atom is -0.300 e. The van der Waals surface area contributed by atoms with Crippen LogP contribution in [0.5, 0.6) is 0 Å². The first-order valence-electron chi connectivity index (χ1n) is 6.00. The van der Waals surface area contributed by atoms with Crippen LogP contribution in [0.3, 0.4) is 0 Å². The summed E-state index contributed by atoms with van der Waals surface area (Å²) in [5, 5.41) is 0.441. The van der Waals surface area contributed by atoms with Gasteiger partial charge in [0.15, 0.2) is 0 Å². The quantitative estimate of drug-likeness (QED) is 0.779. The topological polar surface area (TPSA) is 51.2 Å². The smallest absolute Gasteiger partial charge is 0.148 e. The lowest BCUT2D eigenvalue weighted by molar-refractivity contribution is -0.136. The van der Waals surface area contributed by atoms with Gasteiger partial charge < -0.3 is 0 Å². The zero-order valence-corrected chi connectivity index (χ0v) is 12.3. The van der Waals surface area contributed by atoms with E-state index in [1.54, 1.807) is 25.1 Å². The zero-order valence-electron chi connectivity index (χ0n) is 11.5. The highest BCUT2D eigenvalue weighted by molar-refractivity contribution is 6.30. The van der Waals surface area contributed by atoms with Crippen molar-refractivity contribution in [2.45, 2.75) is 39.5 Å². The van der Waals surface area contributed by atoms with E-state index in [1.807, 2.05) is 0 Å². The number of ketones is 3. The van der Waals surface area contributed by atoms with Crippen LogP contribution in [0.1, 0.15) is 38.3 Å². The lowest BCUT2D eigenvalue weighted by Gasteiger charge is -2.29. The van der Waals surface area contributed by atoms with E-state index in [1.165, 1.54) is 20.8 Å². The first-order chi connectivity index (χ1) is 8.71. The normalized spacial score (nSPS) is 11.2. The molecule has 3 nitrogen and oxygen atoms in total. The standard InChI is InChI=1S/C15H17ClO3/c1-9-5-6-13(16)7-14(9)15(11(3)18,12(4)19)8-10(2)17/h5-7H,8H2,1-4H3. The van der Waals surface area contributed by atoms with Crippen LogP contribution in [-0.4, -0.2) is 17.3 Å². The summed E-state index contributed by atoms with van der Waals surface area (Å²) in [4.78, 5) is 35.7. The number of halogens is 1. The summed E-state index contributed by atoms with van der Waals surface area (Å²) in [6.07, 6.45) is -0.126. The average Bonchev–Trinajstić information content (AvgIpc) is 2.28. The molecule has 0 bridgehead atoms. The molecule has 1 aromatic carbocycles. The Bertz CT molecular complexity index is 532. The van der Waals surface area contributed by atoms with Gasteiger partial charge in [-0.15, -0.1) is 0 Å². The average molecular weight is 281 g/mol. The summed E-state index contributed by atoms with van der Waals surface area (Å²) in [5.74, 6) is -0.870. The molecule has 0 saturated carbocycles. The fourth-order valence-electron chi connectivity index (χ4n) is 2.40. The molecule has 102 valence electrons. The number of hydrogen-bond donors (Lipinski definition) is 0. The van der Waals surface area contributed by atoms with E-state index in [0.29, 0.717) is 10.6 Å². The molecule has 1 aromatic rings. The van der Waals surface area contributed by atoms with E-state index in [9.17, 15) is 14.4 Å². The fraction of sp³-hybridized carbons (Fsp3) is 0.400. The fourth-order valence-corrected chi connectivity index (χ4v) is 2.57. The van der Waals surface area contributed by atoms with E-state index in [-0.39, 0.29) is 23.8 Å². The van der Waals surface area contributed by atoms with E-state index in [4.69, 9.17) is 11.6 Å². The van der Waals surface area contributed by atoms with Crippen molar-refractivity contribution in [2.24, 2.45) is 0 Å². The molecule has 4 heteroatoms. The first kappa shape index (κ1) is 15.6. The molecular weight excluding hydrogens is 264 g/mol. The van der Waals surface area contributed by atoms with Gasteiger partial charge in [-0.25, -0.2) is 0 Å². The molecule has 0 aliphatic heterocycles. The Hall–Kier alpha value is -1.48. The van der Waals surface area contributed by atoms with Crippen LogP contribution < -0.4 is 0 Å².